The number of nitrogen functional groups attached to an aromatic ring is 1. The topological polar surface area (TPSA) is 53.1 Å². The van der Waals surface area contributed by atoms with Gasteiger partial charge in [0.2, 0.25) is 5.95 Å². The molecule has 0 saturated carbocycles. The number of fused-ring (bicyclic) bond motifs is 1. The highest BCUT2D eigenvalue weighted by atomic mass is 35.5. The van der Waals surface area contributed by atoms with E-state index >= 15 is 0 Å². The molecule has 2 N–H and O–H groups in total. The van der Waals surface area contributed by atoms with Gasteiger partial charge in [-0.3, -0.25) is 0 Å². The highest BCUT2D eigenvalue weighted by Crippen LogP contribution is 2.29. The summed E-state index contributed by atoms with van der Waals surface area (Å²) < 4.78 is 7.38. The molecule has 4 nitrogen and oxygen atoms in total. The standard InChI is InChI=1S/C13H15Cl2N3O/c14-9-5-11-12(6-10(9)15)18(13(16)17-11)3-1-8-2-4-19-7-8/h5-6,8H,1-4,7H2,(H2,16,17). The zero-order valence-corrected chi connectivity index (χ0v) is 11.9. The van der Waals surface area contributed by atoms with Crippen LogP contribution < -0.4 is 5.73 Å². The molecule has 0 radical (unpaired) electrons. The monoisotopic (exact) mass is 299 g/mol. The molecule has 1 aliphatic heterocycles. The Morgan fingerprint density at radius 1 is 1.37 bits per heavy atom. The van der Waals surface area contributed by atoms with E-state index in [0.717, 1.165) is 43.6 Å². The molecule has 2 heterocycles. The largest absolute Gasteiger partial charge is 0.381 e. The summed E-state index contributed by atoms with van der Waals surface area (Å²) in [6.45, 7) is 2.54. The van der Waals surface area contributed by atoms with Crippen LogP contribution in [0.4, 0.5) is 5.95 Å². The number of rotatable bonds is 3. The molecule has 1 aromatic heterocycles. The van der Waals surface area contributed by atoms with Crippen molar-refractivity contribution in [3.8, 4) is 0 Å². The number of benzene rings is 1. The van der Waals surface area contributed by atoms with Gasteiger partial charge in [-0.2, -0.15) is 0 Å². The fraction of sp³-hybridized carbons (Fsp3) is 0.462. The lowest BCUT2D eigenvalue weighted by molar-refractivity contribution is 0.183. The zero-order valence-electron chi connectivity index (χ0n) is 10.4. The lowest BCUT2D eigenvalue weighted by Crippen LogP contribution is -2.08. The summed E-state index contributed by atoms with van der Waals surface area (Å²) in [7, 11) is 0. The Morgan fingerprint density at radius 3 is 2.89 bits per heavy atom. The van der Waals surface area contributed by atoms with Crippen LogP contribution in [0.1, 0.15) is 12.8 Å². The van der Waals surface area contributed by atoms with Crippen LogP contribution in [0.5, 0.6) is 0 Å². The summed E-state index contributed by atoms with van der Waals surface area (Å²) in [5.41, 5.74) is 7.70. The Bertz CT molecular complexity index is 605. The molecular weight excluding hydrogens is 285 g/mol. The Hall–Kier alpha value is -0.970. The molecule has 1 fully saturated rings. The summed E-state index contributed by atoms with van der Waals surface area (Å²) in [5.74, 6) is 1.12. The van der Waals surface area contributed by atoms with Crippen LogP contribution in [0.2, 0.25) is 10.0 Å². The van der Waals surface area contributed by atoms with Gasteiger partial charge in [0.1, 0.15) is 0 Å². The van der Waals surface area contributed by atoms with Crippen LogP contribution in [-0.4, -0.2) is 22.8 Å². The highest BCUT2D eigenvalue weighted by Gasteiger charge is 2.17. The molecule has 0 amide bonds. The first-order chi connectivity index (χ1) is 9.15. The molecule has 0 bridgehead atoms. The van der Waals surface area contributed by atoms with Crippen molar-refractivity contribution in [1.29, 1.82) is 0 Å². The van der Waals surface area contributed by atoms with E-state index < -0.39 is 0 Å². The Balaban J connectivity index is 1.89. The van der Waals surface area contributed by atoms with Gasteiger partial charge in [-0.25, -0.2) is 4.98 Å². The molecule has 0 spiro atoms. The van der Waals surface area contributed by atoms with Gasteiger partial charge in [0, 0.05) is 19.8 Å². The van der Waals surface area contributed by atoms with Crippen LogP contribution in [0.25, 0.3) is 11.0 Å². The molecule has 1 atom stereocenters. The SMILES string of the molecule is Nc1nc2cc(Cl)c(Cl)cc2n1CCC1CCOC1. The van der Waals surface area contributed by atoms with E-state index in [9.17, 15) is 0 Å². The molecule has 1 aliphatic rings. The number of halogens is 2. The van der Waals surface area contributed by atoms with Crippen molar-refractivity contribution in [1.82, 2.24) is 9.55 Å². The second kappa shape index (κ2) is 5.19. The second-order valence-corrected chi connectivity index (χ2v) is 5.71. The smallest absolute Gasteiger partial charge is 0.201 e. The van der Waals surface area contributed by atoms with E-state index in [2.05, 4.69) is 4.98 Å². The third-order valence-electron chi connectivity index (χ3n) is 3.60. The van der Waals surface area contributed by atoms with Gasteiger partial charge in [0.25, 0.3) is 0 Å². The third kappa shape index (κ3) is 2.53. The van der Waals surface area contributed by atoms with Gasteiger partial charge in [0.05, 0.1) is 21.1 Å². The van der Waals surface area contributed by atoms with Crippen molar-refractivity contribution >= 4 is 40.2 Å². The van der Waals surface area contributed by atoms with Crippen LogP contribution in [0.15, 0.2) is 12.1 Å². The lowest BCUT2D eigenvalue weighted by Gasteiger charge is -2.10. The van der Waals surface area contributed by atoms with Crippen LogP contribution in [-0.2, 0) is 11.3 Å². The number of hydrogen-bond donors (Lipinski definition) is 1. The summed E-state index contributed by atoms with van der Waals surface area (Å²) in [4.78, 5) is 4.33. The number of aromatic nitrogens is 2. The average Bonchev–Trinajstić information content (AvgIpc) is 2.96. The normalized spacial score (nSPS) is 19.4. The van der Waals surface area contributed by atoms with E-state index in [1.165, 1.54) is 0 Å². The summed E-state index contributed by atoms with van der Waals surface area (Å²) in [6.07, 6.45) is 2.16. The maximum atomic E-state index is 6.06. The summed E-state index contributed by atoms with van der Waals surface area (Å²) in [5, 5.41) is 1.03. The summed E-state index contributed by atoms with van der Waals surface area (Å²) >= 11 is 12.1. The molecule has 1 unspecified atom stereocenters. The van der Waals surface area contributed by atoms with Crippen molar-refractivity contribution in [3.63, 3.8) is 0 Å². The first-order valence-electron chi connectivity index (χ1n) is 6.33. The van der Waals surface area contributed by atoms with Crippen molar-refractivity contribution in [3.05, 3.63) is 22.2 Å². The van der Waals surface area contributed by atoms with Crippen molar-refractivity contribution in [2.45, 2.75) is 19.4 Å². The van der Waals surface area contributed by atoms with E-state index in [-0.39, 0.29) is 0 Å². The second-order valence-electron chi connectivity index (χ2n) is 4.89. The van der Waals surface area contributed by atoms with Crippen molar-refractivity contribution in [2.75, 3.05) is 18.9 Å². The minimum Gasteiger partial charge on any atom is -0.381 e. The molecule has 19 heavy (non-hydrogen) atoms. The van der Waals surface area contributed by atoms with Gasteiger partial charge < -0.3 is 15.0 Å². The average molecular weight is 300 g/mol. The molecule has 2 aromatic rings. The van der Waals surface area contributed by atoms with E-state index in [4.69, 9.17) is 33.7 Å². The fourth-order valence-electron chi connectivity index (χ4n) is 2.50. The van der Waals surface area contributed by atoms with Gasteiger partial charge in [-0.1, -0.05) is 23.2 Å². The first-order valence-corrected chi connectivity index (χ1v) is 7.09. The van der Waals surface area contributed by atoms with E-state index in [1.807, 2.05) is 10.6 Å². The fourth-order valence-corrected chi connectivity index (χ4v) is 2.81. The molecular formula is C13H15Cl2N3O. The molecule has 1 saturated heterocycles. The van der Waals surface area contributed by atoms with Crippen LogP contribution in [0, 0.1) is 5.92 Å². The predicted octanol–water partition coefficient (Wildman–Crippen LogP) is 3.35. The molecule has 102 valence electrons. The minimum atomic E-state index is 0.503. The molecule has 1 aromatic carbocycles. The zero-order chi connectivity index (χ0) is 13.4. The third-order valence-corrected chi connectivity index (χ3v) is 4.33. The number of aryl methyl sites for hydroxylation is 1. The Morgan fingerprint density at radius 2 is 2.16 bits per heavy atom. The lowest BCUT2D eigenvalue weighted by atomic mass is 10.1. The molecule has 0 aliphatic carbocycles. The van der Waals surface area contributed by atoms with Crippen LogP contribution in [0.3, 0.4) is 0 Å². The maximum absolute atomic E-state index is 6.06. The predicted molar refractivity (Wildman–Crippen MR) is 77.7 cm³/mol. The number of nitrogens with two attached hydrogens (primary N) is 1. The number of imidazole rings is 1. The Kier molecular flexibility index (Phi) is 3.56. The van der Waals surface area contributed by atoms with Gasteiger partial charge in [0.15, 0.2) is 0 Å². The van der Waals surface area contributed by atoms with Gasteiger partial charge >= 0.3 is 0 Å². The maximum Gasteiger partial charge on any atom is 0.201 e. The van der Waals surface area contributed by atoms with Crippen molar-refractivity contribution < 1.29 is 4.74 Å². The highest BCUT2D eigenvalue weighted by molar-refractivity contribution is 6.42. The quantitative estimate of drug-likeness (QED) is 0.945. The van der Waals surface area contributed by atoms with E-state index in [1.54, 1.807) is 6.07 Å². The number of hydrogen-bond acceptors (Lipinski definition) is 3. The molecule has 6 heteroatoms. The van der Waals surface area contributed by atoms with Gasteiger partial charge in [-0.05, 0) is 30.9 Å². The Labute approximate surface area is 121 Å². The van der Waals surface area contributed by atoms with Crippen LogP contribution >= 0.6 is 23.2 Å². The first kappa shape index (κ1) is 13.0. The minimum absolute atomic E-state index is 0.503. The number of ether oxygens (including phenoxy) is 1. The van der Waals surface area contributed by atoms with Crippen molar-refractivity contribution in [2.24, 2.45) is 5.92 Å². The van der Waals surface area contributed by atoms with Gasteiger partial charge in [-0.15, -0.1) is 0 Å². The van der Waals surface area contributed by atoms with E-state index in [0.29, 0.717) is 21.9 Å². The number of anilines is 1. The summed E-state index contributed by atoms with van der Waals surface area (Å²) in [6, 6.07) is 3.58. The molecule has 3 rings (SSSR count). The number of nitrogens with zero attached hydrogens (tertiary/aromatic N) is 2.